The average molecular weight is 331 g/mol. The molecule has 4 unspecified atom stereocenters. The molecule has 1 heterocycles. The minimum atomic E-state index is 0. The molecule has 4 atom stereocenters. The molecule has 1 saturated heterocycles. The Morgan fingerprint density at radius 1 is 1.27 bits per heavy atom. The molecule has 0 aromatic heterocycles. The van der Waals surface area contributed by atoms with Crippen LogP contribution >= 0.6 is 12.4 Å². The number of hydrogen-bond acceptors (Lipinski definition) is 3. The number of halogens is 1. The van der Waals surface area contributed by atoms with Crippen LogP contribution in [0.2, 0.25) is 0 Å². The van der Waals surface area contributed by atoms with Gasteiger partial charge in [-0.2, -0.15) is 0 Å². The summed E-state index contributed by atoms with van der Waals surface area (Å²) in [6, 6.07) is 0.350. The molecule has 2 bridgehead atoms. The number of fused-ring (bicyclic) bond motifs is 2. The summed E-state index contributed by atoms with van der Waals surface area (Å²) >= 11 is 0. The quantitative estimate of drug-likeness (QED) is 0.814. The van der Waals surface area contributed by atoms with Crippen molar-refractivity contribution in [1.29, 1.82) is 0 Å². The highest BCUT2D eigenvalue weighted by Crippen LogP contribution is 2.65. The molecule has 0 radical (unpaired) electrons. The molecule has 2 N–H and O–H groups in total. The maximum absolute atomic E-state index is 12.2. The van der Waals surface area contributed by atoms with Gasteiger partial charge < -0.3 is 15.4 Å². The van der Waals surface area contributed by atoms with Crippen LogP contribution in [0.25, 0.3) is 0 Å². The van der Waals surface area contributed by atoms with E-state index >= 15 is 0 Å². The second-order valence-electron chi connectivity index (χ2n) is 8.00. The van der Waals surface area contributed by atoms with Gasteiger partial charge in [0.2, 0.25) is 5.91 Å². The Morgan fingerprint density at radius 2 is 2.05 bits per heavy atom. The lowest BCUT2D eigenvalue weighted by Crippen LogP contribution is -2.49. The third-order valence-electron chi connectivity index (χ3n) is 6.81. The lowest BCUT2D eigenvalue weighted by atomic mass is 9.69. The number of nitrogens with one attached hydrogen (secondary N) is 2. The van der Waals surface area contributed by atoms with Gasteiger partial charge in [0.05, 0.1) is 12.6 Å². The number of ether oxygens (including phenoxy) is 1. The van der Waals surface area contributed by atoms with E-state index in [4.69, 9.17) is 4.74 Å². The highest BCUT2D eigenvalue weighted by Gasteiger charge is 2.61. The normalized spacial score (nSPS) is 38.8. The number of amides is 1. The lowest BCUT2D eigenvalue weighted by Gasteiger charge is -2.39. The second-order valence-corrected chi connectivity index (χ2v) is 8.00. The van der Waals surface area contributed by atoms with Gasteiger partial charge in [0.15, 0.2) is 0 Å². The third-order valence-corrected chi connectivity index (χ3v) is 6.81. The fourth-order valence-corrected chi connectivity index (χ4v) is 4.82. The molecule has 3 fully saturated rings. The molecule has 3 rings (SSSR count). The van der Waals surface area contributed by atoms with Crippen LogP contribution in [-0.4, -0.2) is 37.7 Å². The predicted octanol–water partition coefficient (Wildman–Crippen LogP) is 2.51. The first kappa shape index (κ1) is 18.0. The van der Waals surface area contributed by atoms with Crippen LogP contribution in [0.4, 0.5) is 0 Å². The van der Waals surface area contributed by atoms with Crippen LogP contribution in [0.15, 0.2) is 0 Å². The van der Waals surface area contributed by atoms with Crippen molar-refractivity contribution in [2.45, 2.75) is 65.0 Å². The van der Waals surface area contributed by atoms with Crippen LogP contribution in [0.1, 0.15) is 52.9 Å². The first-order valence-corrected chi connectivity index (χ1v) is 8.55. The molecule has 1 aliphatic heterocycles. The fourth-order valence-electron chi connectivity index (χ4n) is 4.82. The van der Waals surface area contributed by atoms with Crippen molar-refractivity contribution >= 4 is 18.3 Å². The van der Waals surface area contributed by atoms with Gasteiger partial charge in [0.1, 0.15) is 0 Å². The van der Waals surface area contributed by atoms with Crippen molar-refractivity contribution in [2.75, 3.05) is 19.7 Å². The van der Waals surface area contributed by atoms with Crippen LogP contribution < -0.4 is 10.6 Å². The monoisotopic (exact) mass is 330 g/mol. The predicted molar refractivity (Wildman–Crippen MR) is 90.3 cm³/mol. The molecule has 3 aliphatic rings. The minimum absolute atomic E-state index is 0. The molecular weight excluding hydrogens is 300 g/mol. The molecule has 5 heteroatoms. The van der Waals surface area contributed by atoms with Gasteiger partial charge in [0.25, 0.3) is 0 Å². The summed E-state index contributed by atoms with van der Waals surface area (Å²) in [5, 5.41) is 6.53. The van der Waals surface area contributed by atoms with E-state index in [-0.39, 0.29) is 23.7 Å². The summed E-state index contributed by atoms with van der Waals surface area (Å²) in [6.07, 6.45) is 6.30. The molecule has 22 heavy (non-hydrogen) atoms. The summed E-state index contributed by atoms with van der Waals surface area (Å²) < 4.78 is 5.56. The minimum Gasteiger partial charge on any atom is -0.377 e. The Kier molecular flexibility index (Phi) is 5.46. The zero-order chi connectivity index (χ0) is 15.1. The van der Waals surface area contributed by atoms with Crippen LogP contribution in [-0.2, 0) is 9.53 Å². The van der Waals surface area contributed by atoms with Gasteiger partial charge in [0, 0.05) is 19.2 Å². The van der Waals surface area contributed by atoms with Crippen molar-refractivity contribution < 1.29 is 9.53 Å². The third kappa shape index (κ3) is 3.02. The van der Waals surface area contributed by atoms with Gasteiger partial charge in [-0.25, -0.2) is 0 Å². The maximum Gasteiger partial charge on any atom is 0.234 e. The summed E-state index contributed by atoms with van der Waals surface area (Å²) in [5.74, 6) is 0.912. The van der Waals surface area contributed by atoms with E-state index in [2.05, 4.69) is 31.4 Å². The average Bonchev–Trinajstić information content (AvgIpc) is 3.05. The summed E-state index contributed by atoms with van der Waals surface area (Å²) in [4.78, 5) is 12.2. The first-order valence-electron chi connectivity index (χ1n) is 8.55. The van der Waals surface area contributed by atoms with E-state index in [1.54, 1.807) is 0 Å². The van der Waals surface area contributed by atoms with Crippen molar-refractivity contribution in [3.63, 3.8) is 0 Å². The van der Waals surface area contributed by atoms with E-state index in [0.29, 0.717) is 24.1 Å². The largest absolute Gasteiger partial charge is 0.377 e. The van der Waals surface area contributed by atoms with E-state index in [9.17, 15) is 4.79 Å². The van der Waals surface area contributed by atoms with Crippen LogP contribution in [0.5, 0.6) is 0 Å². The van der Waals surface area contributed by atoms with E-state index in [0.717, 1.165) is 38.3 Å². The van der Waals surface area contributed by atoms with Gasteiger partial charge in [-0.3, -0.25) is 4.79 Å². The van der Waals surface area contributed by atoms with E-state index in [1.807, 2.05) is 0 Å². The van der Waals surface area contributed by atoms with Gasteiger partial charge in [-0.05, 0) is 48.9 Å². The smallest absolute Gasteiger partial charge is 0.234 e. The first-order chi connectivity index (χ1) is 9.93. The molecule has 2 saturated carbocycles. The zero-order valence-electron chi connectivity index (χ0n) is 14.1. The molecule has 128 valence electrons. The topological polar surface area (TPSA) is 50.4 Å². The summed E-state index contributed by atoms with van der Waals surface area (Å²) in [7, 11) is 0. The maximum atomic E-state index is 12.2. The highest BCUT2D eigenvalue weighted by atomic mass is 35.5. The standard InChI is InChI=1S/C17H30N2O2.ClH/c1-16(2)12-6-7-17(16,3)14(9-12)19-15(20)11-18-10-13-5-4-8-21-13;/h12-14,18H,4-11H2,1-3H3,(H,19,20);1H. The molecule has 2 aliphatic carbocycles. The lowest BCUT2D eigenvalue weighted by molar-refractivity contribution is -0.122. The Labute approximate surface area is 140 Å². The second kappa shape index (κ2) is 6.66. The molecule has 1 amide bonds. The molecule has 0 spiro atoms. The Balaban J connectivity index is 0.00000176. The number of carbonyl (C=O) groups excluding carboxylic acids is 1. The SMILES string of the molecule is CC1(C)C2CCC1(C)C(NC(=O)CNCC1CCCO1)C2.Cl. The number of carbonyl (C=O) groups is 1. The van der Waals surface area contributed by atoms with Crippen molar-refractivity contribution in [3.8, 4) is 0 Å². The molecule has 0 aromatic rings. The number of rotatable bonds is 5. The van der Waals surface area contributed by atoms with E-state index in [1.165, 1.54) is 12.8 Å². The number of hydrogen-bond donors (Lipinski definition) is 2. The van der Waals surface area contributed by atoms with Crippen molar-refractivity contribution in [2.24, 2.45) is 16.7 Å². The molecular formula is C17H31ClN2O2. The Morgan fingerprint density at radius 3 is 2.59 bits per heavy atom. The molecule has 0 aromatic carbocycles. The van der Waals surface area contributed by atoms with Gasteiger partial charge in [-0.15, -0.1) is 12.4 Å². The van der Waals surface area contributed by atoms with E-state index < -0.39 is 0 Å². The Hall–Kier alpha value is -0.320. The highest BCUT2D eigenvalue weighted by molar-refractivity contribution is 5.85. The van der Waals surface area contributed by atoms with Crippen molar-refractivity contribution in [3.05, 3.63) is 0 Å². The van der Waals surface area contributed by atoms with Crippen molar-refractivity contribution in [1.82, 2.24) is 10.6 Å². The van der Waals surface area contributed by atoms with Crippen LogP contribution in [0, 0.1) is 16.7 Å². The fraction of sp³-hybridized carbons (Fsp3) is 0.941. The summed E-state index contributed by atoms with van der Waals surface area (Å²) in [6.45, 7) is 9.21. The van der Waals surface area contributed by atoms with Crippen LogP contribution in [0.3, 0.4) is 0 Å². The van der Waals surface area contributed by atoms with Gasteiger partial charge in [-0.1, -0.05) is 20.8 Å². The summed E-state index contributed by atoms with van der Waals surface area (Å²) in [5.41, 5.74) is 0.623. The Bertz CT molecular complexity index is 409. The zero-order valence-corrected chi connectivity index (χ0v) is 14.9. The van der Waals surface area contributed by atoms with Gasteiger partial charge >= 0.3 is 0 Å². The molecule has 4 nitrogen and oxygen atoms in total.